The Labute approximate surface area is 133 Å². The maximum atomic E-state index is 12.5. The standard InChI is InChI=1S/C15H17NO6S/c17-15(13-9-11-3-1-2-4-12(11)22-13)14(23(18,19)20)10-16-5-7-21-8-6-16/h1-4,9,14H,5-8,10H2,(H,18,19,20). The van der Waals surface area contributed by atoms with Crippen molar-refractivity contribution in [1.82, 2.24) is 4.90 Å². The molecular weight excluding hydrogens is 322 g/mol. The van der Waals surface area contributed by atoms with Crippen LogP contribution in [0.5, 0.6) is 0 Å². The van der Waals surface area contributed by atoms with Gasteiger partial charge in [-0.2, -0.15) is 8.42 Å². The van der Waals surface area contributed by atoms with E-state index < -0.39 is 21.2 Å². The molecule has 124 valence electrons. The lowest BCUT2D eigenvalue weighted by Gasteiger charge is -2.28. The number of rotatable bonds is 5. The van der Waals surface area contributed by atoms with E-state index in [0.717, 1.165) is 0 Å². The summed E-state index contributed by atoms with van der Waals surface area (Å²) >= 11 is 0. The second-order valence-corrected chi connectivity index (χ2v) is 7.03. The summed E-state index contributed by atoms with van der Waals surface area (Å²) < 4.78 is 43.4. The summed E-state index contributed by atoms with van der Waals surface area (Å²) in [4.78, 5) is 14.3. The van der Waals surface area contributed by atoms with E-state index in [1.54, 1.807) is 29.2 Å². The van der Waals surface area contributed by atoms with E-state index in [1.165, 1.54) is 6.07 Å². The van der Waals surface area contributed by atoms with E-state index in [1.807, 2.05) is 0 Å². The Morgan fingerprint density at radius 1 is 1.26 bits per heavy atom. The summed E-state index contributed by atoms with van der Waals surface area (Å²) in [7, 11) is -4.54. The normalized spacial score (nSPS) is 18.1. The third kappa shape index (κ3) is 3.61. The highest BCUT2D eigenvalue weighted by Gasteiger charge is 2.35. The van der Waals surface area contributed by atoms with Crippen LogP contribution in [0, 0.1) is 0 Å². The fourth-order valence-corrected chi connectivity index (χ4v) is 3.38. The lowest BCUT2D eigenvalue weighted by atomic mass is 10.2. The number of nitrogens with zero attached hydrogens (tertiary/aromatic N) is 1. The largest absolute Gasteiger partial charge is 0.453 e. The van der Waals surface area contributed by atoms with Crippen LogP contribution in [0.15, 0.2) is 34.7 Å². The predicted octanol–water partition coefficient (Wildman–Crippen LogP) is 1.20. The fraction of sp³-hybridized carbons (Fsp3) is 0.400. The number of Topliss-reactive ketones (excluding diaryl/α,β-unsaturated/α-hetero) is 1. The Morgan fingerprint density at radius 2 is 1.96 bits per heavy atom. The van der Waals surface area contributed by atoms with Gasteiger partial charge in [-0.05, 0) is 12.1 Å². The van der Waals surface area contributed by atoms with Gasteiger partial charge >= 0.3 is 0 Å². The van der Waals surface area contributed by atoms with Crippen LogP contribution in [-0.2, 0) is 14.9 Å². The second-order valence-electron chi connectivity index (χ2n) is 5.43. The predicted molar refractivity (Wildman–Crippen MR) is 83.1 cm³/mol. The number of ether oxygens (including phenoxy) is 1. The van der Waals surface area contributed by atoms with Gasteiger partial charge in [-0.15, -0.1) is 0 Å². The maximum absolute atomic E-state index is 12.5. The van der Waals surface area contributed by atoms with Crippen LogP contribution >= 0.6 is 0 Å². The molecule has 2 heterocycles. The number of carbonyl (C=O) groups is 1. The molecule has 0 spiro atoms. The van der Waals surface area contributed by atoms with Crippen LogP contribution in [0.4, 0.5) is 0 Å². The molecule has 1 aromatic carbocycles. The second kappa shape index (κ2) is 6.40. The van der Waals surface area contributed by atoms with Crippen LogP contribution in [0.3, 0.4) is 0 Å². The molecule has 1 N–H and O–H groups in total. The topological polar surface area (TPSA) is 97.1 Å². The molecule has 0 aliphatic carbocycles. The van der Waals surface area contributed by atoms with E-state index in [2.05, 4.69) is 0 Å². The fourth-order valence-electron chi connectivity index (χ4n) is 2.59. The number of benzene rings is 1. The summed E-state index contributed by atoms with van der Waals surface area (Å²) in [5, 5.41) is -0.863. The highest BCUT2D eigenvalue weighted by molar-refractivity contribution is 7.87. The van der Waals surface area contributed by atoms with Crippen LogP contribution in [-0.4, -0.2) is 61.8 Å². The first-order chi connectivity index (χ1) is 10.9. The lowest BCUT2D eigenvalue weighted by molar-refractivity contribution is 0.0370. The van der Waals surface area contributed by atoms with Gasteiger partial charge in [-0.1, -0.05) is 18.2 Å². The minimum Gasteiger partial charge on any atom is -0.453 e. The number of morpholine rings is 1. The molecule has 23 heavy (non-hydrogen) atoms. The molecule has 1 saturated heterocycles. The molecule has 2 aromatic rings. The van der Waals surface area contributed by atoms with Crippen molar-refractivity contribution in [3.63, 3.8) is 0 Å². The SMILES string of the molecule is O=C(c1cc2ccccc2o1)C(CN1CCOCC1)S(=O)(=O)O. The number of carbonyl (C=O) groups excluding carboxylic acids is 1. The molecule has 7 nitrogen and oxygen atoms in total. The summed E-state index contributed by atoms with van der Waals surface area (Å²) in [5.74, 6) is -0.808. The molecule has 1 fully saturated rings. The Morgan fingerprint density at radius 3 is 2.61 bits per heavy atom. The van der Waals surface area contributed by atoms with Crippen molar-refractivity contribution in [2.24, 2.45) is 0 Å². The average Bonchev–Trinajstić information content (AvgIpc) is 2.96. The molecule has 8 heteroatoms. The van der Waals surface area contributed by atoms with Gasteiger partial charge in [0.15, 0.2) is 11.0 Å². The Balaban J connectivity index is 1.87. The van der Waals surface area contributed by atoms with Gasteiger partial charge < -0.3 is 9.15 Å². The zero-order valence-corrected chi connectivity index (χ0v) is 13.2. The third-order valence-corrected chi connectivity index (χ3v) is 4.93. The van der Waals surface area contributed by atoms with E-state index >= 15 is 0 Å². The molecule has 0 amide bonds. The number of furan rings is 1. The summed E-state index contributed by atoms with van der Waals surface area (Å²) in [6.07, 6.45) is 0. The zero-order chi connectivity index (χ0) is 16.4. The van der Waals surface area contributed by atoms with Gasteiger partial charge in [-0.3, -0.25) is 14.2 Å². The van der Waals surface area contributed by atoms with Crippen molar-refractivity contribution in [3.05, 3.63) is 36.1 Å². The number of fused-ring (bicyclic) bond motifs is 1. The zero-order valence-electron chi connectivity index (χ0n) is 12.3. The van der Waals surface area contributed by atoms with Crippen LogP contribution < -0.4 is 0 Å². The van der Waals surface area contributed by atoms with E-state index in [0.29, 0.717) is 37.3 Å². The minimum absolute atomic E-state index is 0.0675. The van der Waals surface area contributed by atoms with Crippen LogP contribution in [0.1, 0.15) is 10.6 Å². The smallest absolute Gasteiger partial charge is 0.276 e. The van der Waals surface area contributed by atoms with Crippen molar-refractivity contribution in [2.45, 2.75) is 5.25 Å². The molecular formula is C15H17NO6S. The van der Waals surface area contributed by atoms with Gasteiger partial charge in [0.1, 0.15) is 5.58 Å². The summed E-state index contributed by atoms with van der Waals surface area (Å²) in [6.45, 7) is 1.88. The number of hydrogen-bond acceptors (Lipinski definition) is 6. The van der Waals surface area contributed by atoms with Crippen LogP contribution in [0.25, 0.3) is 11.0 Å². The van der Waals surface area contributed by atoms with Crippen molar-refractivity contribution in [3.8, 4) is 0 Å². The van der Waals surface area contributed by atoms with Gasteiger partial charge in [0, 0.05) is 25.0 Å². The van der Waals surface area contributed by atoms with Gasteiger partial charge in [0.2, 0.25) is 5.78 Å². The van der Waals surface area contributed by atoms with Crippen molar-refractivity contribution in [1.29, 1.82) is 0 Å². The lowest BCUT2D eigenvalue weighted by Crippen LogP contribution is -2.46. The third-order valence-electron chi connectivity index (χ3n) is 3.85. The van der Waals surface area contributed by atoms with Crippen molar-refractivity contribution < 1.29 is 26.9 Å². The first-order valence-corrected chi connectivity index (χ1v) is 8.74. The average molecular weight is 339 g/mol. The minimum atomic E-state index is -4.54. The van der Waals surface area contributed by atoms with E-state index in [-0.39, 0.29) is 12.3 Å². The summed E-state index contributed by atoms with van der Waals surface area (Å²) in [6, 6.07) is 8.50. The molecule has 1 aliphatic heterocycles. The maximum Gasteiger partial charge on any atom is 0.276 e. The molecule has 1 aromatic heterocycles. The first kappa shape index (κ1) is 16.1. The highest BCUT2D eigenvalue weighted by Crippen LogP contribution is 2.21. The van der Waals surface area contributed by atoms with Gasteiger partial charge in [0.25, 0.3) is 10.1 Å². The molecule has 1 aliphatic rings. The Hall–Kier alpha value is -1.74. The highest BCUT2D eigenvalue weighted by atomic mass is 32.2. The Kier molecular flexibility index (Phi) is 4.49. The quantitative estimate of drug-likeness (QED) is 0.646. The Bertz CT molecular complexity index is 773. The molecule has 1 unspecified atom stereocenters. The van der Waals surface area contributed by atoms with E-state index in [4.69, 9.17) is 9.15 Å². The molecule has 1 atom stereocenters. The van der Waals surface area contributed by atoms with E-state index in [9.17, 15) is 17.8 Å². The first-order valence-electron chi connectivity index (χ1n) is 7.24. The molecule has 0 bridgehead atoms. The van der Waals surface area contributed by atoms with Crippen molar-refractivity contribution >= 4 is 26.9 Å². The van der Waals surface area contributed by atoms with Crippen molar-refractivity contribution in [2.75, 3.05) is 32.8 Å². The monoisotopic (exact) mass is 339 g/mol. The summed E-state index contributed by atoms with van der Waals surface area (Å²) in [5.41, 5.74) is 0.497. The molecule has 3 rings (SSSR count). The molecule has 0 saturated carbocycles. The number of hydrogen-bond donors (Lipinski definition) is 1. The van der Waals surface area contributed by atoms with Gasteiger partial charge in [-0.25, -0.2) is 0 Å². The number of ketones is 1. The number of para-hydroxylation sites is 1. The van der Waals surface area contributed by atoms with Gasteiger partial charge in [0.05, 0.1) is 13.2 Å². The van der Waals surface area contributed by atoms with Crippen LogP contribution in [0.2, 0.25) is 0 Å². The molecule has 0 radical (unpaired) electrons.